The number of hydrogen-bond acceptors (Lipinski definition) is 3. The molecule has 0 bridgehead atoms. The van der Waals surface area contributed by atoms with E-state index >= 15 is 0 Å². The Morgan fingerprint density at radius 3 is 2.48 bits per heavy atom. The van der Waals surface area contributed by atoms with Crippen molar-refractivity contribution in [3.63, 3.8) is 0 Å². The maximum atomic E-state index is 4.35. The van der Waals surface area contributed by atoms with E-state index in [1.54, 1.807) is 0 Å². The van der Waals surface area contributed by atoms with Gasteiger partial charge in [-0.1, -0.05) is 30.3 Å². The lowest BCUT2D eigenvalue weighted by atomic mass is 10.0. The zero-order valence-electron chi connectivity index (χ0n) is 15.9. The number of benzene rings is 1. The molecule has 25 heavy (non-hydrogen) atoms. The Labute approximate surface area is 170 Å². The SMILES string of the molecule is CN=C(NCCCN(C)C)NC1CCN(Cc2ccccc2)CC1.I. The molecule has 0 aromatic heterocycles. The quantitative estimate of drug-likeness (QED) is 0.285. The van der Waals surface area contributed by atoms with Crippen molar-refractivity contribution in [2.45, 2.75) is 31.8 Å². The molecular formula is C19H34IN5. The second kappa shape index (κ2) is 12.5. The van der Waals surface area contributed by atoms with Gasteiger partial charge in [0.25, 0.3) is 0 Å². The Balaban J connectivity index is 0.00000312. The van der Waals surface area contributed by atoms with Crippen LogP contribution in [0.5, 0.6) is 0 Å². The van der Waals surface area contributed by atoms with E-state index in [0.717, 1.165) is 45.1 Å². The number of hydrogen-bond donors (Lipinski definition) is 2. The van der Waals surface area contributed by atoms with Crippen molar-refractivity contribution in [1.29, 1.82) is 0 Å². The summed E-state index contributed by atoms with van der Waals surface area (Å²) in [6.07, 6.45) is 3.47. The Morgan fingerprint density at radius 1 is 1.20 bits per heavy atom. The molecule has 0 spiro atoms. The third kappa shape index (κ3) is 8.87. The molecule has 2 rings (SSSR count). The monoisotopic (exact) mass is 459 g/mol. The molecule has 1 aliphatic heterocycles. The van der Waals surface area contributed by atoms with Crippen molar-refractivity contribution >= 4 is 29.9 Å². The van der Waals surface area contributed by atoms with Crippen molar-refractivity contribution in [3.05, 3.63) is 35.9 Å². The molecule has 0 atom stereocenters. The van der Waals surface area contributed by atoms with Gasteiger partial charge in [-0.05, 0) is 45.5 Å². The summed E-state index contributed by atoms with van der Waals surface area (Å²) in [5, 5.41) is 7.00. The highest BCUT2D eigenvalue weighted by Crippen LogP contribution is 2.13. The lowest BCUT2D eigenvalue weighted by Crippen LogP contribution is -2.48. The first-order chi connectivity index (χ1) is 11.7. The van der Waals surface area contributed by atoms with E-state index < -0.39 is 0 Å². The standard InChI is InChI=1S/C19H33N5.HI/c1-20-19(21-12-7-13-23(2)3)22-18-10-14-24(15-11-18)16-17-8-5-4-6-9-17;/h4-6,8-9,18H,7,10-16H2,1-3H3,(H2,20,21,22);1H. The zero-order valence-corrected chi connectivity index (χ0v) is 18.2. The van der Waals surface area contributed by atoms with E-state index in [9.17, 15) is 0 Å². The van der Waals surface area contributed by atoms with Crippen LogP contribution in [0.3, 0.4) is 0 Å². The fraction of sp³-hybridized carbons (Fsp3) is 0.632. The summed E-state index contributed by atoms with van der Waals surface area (Å²) < 4.78 is 0. The summed E-state index contributed by atoms with van der Waals surface area (Å²) in [7, 11) is 6.07. The molecule has 0 radical (unpaired) electrons. The van der Waals surface area contributed by atoms with Crippen molar-refractivity contribution < 1.29 is 0 Å². The van der Waals surface area contributed by atoms with E-state index in [4.69, 9.17) is 0 Å². The van der Waals surface area contributed by atoms with Crippen LogP contribution >= 0.6 is 24.0 Å². The minimum absolute atomic E-state index is 0. The van der Waals surface area contributed by atoms with Crippen molar-refractivity contribution in [2.24, 2.45) is 4.99 Å². The van der Waals surface area contributed by atoms with Crippen molar-refractivity contribution in [2.75, 3.05) is 47.3 Å². The molecule has 1 aromatic rings. The summed E-state index contributed by atoms with van der Waals surface area (Å²) in [6.45, 7) is 5.41. The summed E-state index contributed by atoms with van der Waals surface area (Å²) in [6, 6.07) is 11.3. The summed E-state index contributed by atoms with van der Waals surface area (Å²) in [4.78, 5) is 9.10. The zero-order chi connectivity index (χ0) is 17.2. The van der Waals surface area contributed by atoms with Crippen LogP contribution in [0, 0.1) is 0 Å². The third-order valence-electron chi connectivity index (χ3n) is 4.48. The number of guanidine groups is 1. The molecular weight excluding hydrogens is 425 g/mol. The van der Waals surface area contributed by atoms with Gasteiger partial charge in [0.15, 0.2) is 5.96 Å². The van der Waals surface area contributed by atoms with Gasteiger partial charge < -0.3 is 15.5 Å². The van der Waals surface area contributed by atoms with Gasteiger partial charge in [0.1, 0.15) is 0 Å². The van der Waals surface area contributed by atoms with Gasteiger partial charge in [0.05, 0.1) is 0 Å². The van der Waals surface area contributed by atoms with Gasteiger partial charge in [0.2, 0.25) is 0 Å². The minimum atomic E-state index is 0. The largest absolute Gasteiger partial charge is 0.356 e. The number of nitrogens with one attached hydrogen (secondary N) is 2. The maximum absolute atomic E-state index is 4.35. The fourth-order valence-electron chi connectivity index (χ4n) is 3.07. The second-order valence-electron chi connectivity index (χ2n) is 6.84. The molecule has 1 heterocycles. The van der Waals surface area contributed by atoms with Crippen LogP contribution in [-0.2, 0) is 6.54 Å². The van der Waals surface area contributed by atoms with Crippen LogP contribution in [0.15, 0.2) is 35.3 Å². The van der Waals surface area contributed by atoms with E-state index in [1.165, 1.54) is 18.4 Å². The maximum Gasteiger partial charge on any atom is 0.191 e. The number of nitrogens with zero attached hydrogens (tertiary/aromatic N) is 3. The first-order valence-corrected chi connectivity index (χ1v) is 9.05. The number of likely N-dealkylation sites (tertiary alicyclic amines) is 1. The number of halogens is 1. The van der Waals surface area contributed by atoms with Crippen LogP contribution in [0.2, 0.25) is 0 Å². The Bertz CT molecular complexity index is 484. The first kappa shape index (κ1) is 22.2. The normalized spacial score (nSPS) is 16.6. The topological polar surface area (TPSA) is 42.9 Å². The number of rotatable bonds is 7. The highest BCUT2D eigenvalue weighted by atomic mass is 127. The predicted octanol–water partition coefficient (Wildman–Crippen LogP) is 2.39. The molecule has 1 fully saturated rings. The van der Waals surface area contributed by atoms with E-state index in [2.05, 4.69) is 69.9 Å². The van der Waals surface area contributed by atoms with Crippen LogP contribution in [0.4, 0.5) is 0 Å². The van der Waals surface area contributed by atoms with Crippen molar-refractivity contribution in [1.82, 2.24) is 20.4 Å². The van der Waals surface area contributed by atoms with Gasteiger partial charge in [-0.25, -0.2) is 0 Å². The molecule has 1 saturated heterocycles. The molecule has 0 unspecified atom stereocenters. The van der Waals surface area contributed by atoms with Gasteiger partial charge >= 0.3 is 0 Å². The van der Waals surface area contributed by atoms with Gasteiger partial charge in [0, 0.05) is 39.3 Å². The predicted molar refractivity (Wildman–Crippen MR) is 118 cm³/mol. The van der Waals surface area contributed by atoms with E-state index in [1.807, 2.05) is 7.05 Å². The number of piperidine rings is 1. The molecule has 0 amide bonds. The average Bonchev–Trinajstić information content (AvgIpc) is 2.60. The highest BCUT2D eigenvalue weighted by Gasteiger charge is 2.19. The molecule has 0 aliphatic carbocycles. The van der Waals surface area contributed by atoms with Crippen LogP contribution in [0.1, 0.15) is 24.8 Å². The van der Waals surface area contributed by atoms with Gasteiger partial charge in [-0.3, -0.25) is 9.89 Å². The first-order valence-electron chi connectivity index (χ1n) is 9.05. The average molecular weight is 459 g/mol. The molecule has 5 nitrogen and oxygen atoms in total. The molecule has 6 heteroatoms. The van der Waals surface area contributed by atoms with Crippen LogP contribution < -0.4 is 10.6 Å². The van der Waals surface area contributed by atoms with Crippen molar-refractivity contribution in [3.8, 4) is 0 Å². The Hall–Kier alpha value is -0.860. The fourth-order valence-corrected chi connectivity index (χ4v) is 3.07. The summed E-state index contributed by atoms with van der Waals surface area (Å²) in [5.74, 6) is 0.940. The minimum Gasteiger partial charge on any atom is -0.356 e. The van der Waals surface area contributed by atoms with Gasteiger partial charge in [-0.2, -0.15) is 0 Å². The smallest absolute Gasteiger partial charge is 0.191 e. The second-order valence-corrected chi connectivity index (χ2v) is 6.84. The summed E-state index contributed by atoms with van der Waals surface area (Å²) >= 11 is 0. The molecule has 1 aromatic carbocycles. The molecule has 1 aliphatic rings. The Kier molecular flexibility index (Phi) is 11.1. The highest BCUT2D eigenvalue weighted by molar-refractivity contribution is 14.0. The Morgan fingerprint density at radius 2 is 1.88 bits per heavy atom. The van der Waals surface area contributed by atoms with E-state index in [-0.39, 0.29) is 24.0 Å². The van der Waals surface area contributed by atoms with Gasteiger partial charge in [-0.15, -0.1) is 24.0 Å². The molecule has 142 valence electrons. The lowest BCUT2D eigenvalue weighted by molar-refractivity contribution is 0.198. The van der Waals surface area contributed by atoms with Crippen LogP contribution in [0.25, 0.3) is 0 Å². The van der Waals surface area contributed by atoms with E-state index in [0.29, 0.717) is 6.04 Å². The third-order valence-corrected chi connectivity index (χ3v) is 4.48. The molecule has 2 N–H and O–H groups in total. The number of aliphatic imine (C=N–C) groups is 1. The van der Waals surface area contributed by atoms with Crippen LogP contribution in [-0.4, -0.2) is 69.1 Å². The summed E-state index contributed by atoms with van der Waals surface area (Å²) in [5.41, 5.74) is 1.40. The molecule has 0 saturated carbocycles. The lowest BCUT2D eigenvalue weighted by Gasteiger charge is -2.33.